The molecule has 0 aromatic carbocycles. The van der Waals surface area contributed by atoms with Gasteiger partial charge in [-0.1, -0.05) is 13.3 Å². The van der Waals surface area contributed by atoms with Gasteiger partial charge in [-0.15, -0.1) is 0 Å². The van der Waals surface area contributed by atoms with Crippen molar-refractivity contribution in [1.29, 1.82) is 0 Å². The van der Waals surface area contributed by atoms with Gasteiger partial charge in [-0.05, 0) is 50.3 Å². The summed E-state index contributed by atoms with van der Waals surface area (Å²) in [7, 11) is 0. The number of hydrogen-bond acceptors (Lipinski definition) is 3. The van der Waals surface area contributed by atoms with E-state index in [0.29, 0.717) is 18.6 Å². The average Bonchev–Trinajstić information content (AvgIpc) is 2.97. The van der Waals surface area contributed by atoms with E-state index in [4.69, 9.17) is 9.52 Å². The smallest absolute Gasteiger partial charge is 0.118 e. The van der Waals surface area contributed by atoms with Gasteiger partial charge in [0.1, 0.15) is 11.5 Å². The summed E-state index contributed by atoms with van der Waals surface area (Å²) in [6.45, 7) is 4.63. The van der Waals surface area contributed by atoms with Crippen LogP contribution in [0.4, 0.5) is 0 Å². The van der Waals surface area contributed by atoms with Gasteiger partial charge in [-0.3, -0.25) is 4.90 Å². The van der Waals surface area contributed by atoms with Crippen molar-refractivity contribution in [2.24, 2.45) is 5.92 Å². The van der Waals surface area contributed by atoms with E-state index in [1.807, 2.05) is 0 Å². The summed E-state index contributed by atoms with van der Waals surface area (Å²) in [5.41, 5.74) is 0. The number of nitrogens with zero attached hydrogens (tertiary/aromatic N) is 1. The Hall–Kier alpha value is -0.800. The zero-order valence-corrected chi connectivity index (χ0v) is 11.8. The zero-order chi connectivity index (χ0) is 13.2. The summed E-state index contributed by atoms with van der Waals surface area (Å²) >= 11 is 0. The van der Waals surface area contributed by atoms with Crippen molar-refractivity contribution >= 4 is 0 Å². The second-order valence-corrected chi connectivity index (χ2v) is 6.26. The normalized spacial score (nSPS) is 31.6. The number of hydrogen-bond donors (Lipinski definition) is 1. The number of piperidine rings is 1. The minimum absolute atomic E-state index is 0.296. The van der Waals surface area contributed by atoms with Gasteiger partial charge in [0.25, 0.3) is 0 Å². The van der Waals surface area contributed by atoms with E-state index in [9.17, 15) is 0 Å². The fourth-order valence-corrected chi connectivity index (χ4v) is 3.34. The molecule has 1 saturated carbocycles. The first-order valence-electron chi connectivity index (χ1n) is 7.71. The molecule has 1 aromatic heterocycles. The first kappa shape index (κ1) is 13.2. The molecule has 0 spiro atoms. The van der Waals surface area contributed by atoms with Crippen molar-refractivity contribution in [1.82, 2.24) is 4.90 Å². The van der Waals surface area contributed by atoms with Crippen LogP contribution < -0.4 is 0 Å². The Morgan fingerprint density at radius 2 is 2.21 bits per heavy atom. The van der Waals surface area contributed by atoms with Gasteiger partial charge in [0.2, 0.25) is 0 Å². The number of aliphatic hydroxyl groups is 1. The van der Waals surface area contributed by atoms with E-state index >= 15 is 0 Å². The van der Waals surface area contributed by atoms with Crippen molar-refractivity contribution < 1.29 is 9.52 Å². The van der Waals surface area contributed by atoms with E-state index < -0.39 is 0 Å². The summed E-state index contributed by atoms with van der Waals surface area (Å²) in [6.07, 6.45) is 5.96. The molecular weight excluding hydrogens is 238 g/mol. The maximum atomic E-state index is 9.17. The van der Waals surface area contributed by atoms with Crippen LogP contribution in [0.3, 0.4) is 0 Å². The molecule has 3 unspecified atom stereocenters. The molecule has 1 aliphatic heterocycles. The Labute approximate surface area is 115 Å². The van der Waals surface area contributed by atoms with Crippen LogP contribution in [-0.4, -0.2) is 29.2 Å². The number of likely N-dealkylation sites (tertiary alicyclic amines) is 1. The molecule has 0 radical (unpaired) electrons. The maximum Gasteiger partial charge on any atom is 0.118 e. The van der Waals surface area contributed by atoms with E-state index in [-0.39, 0.29) is 0 Å². The van der Waals surface area contributed by atoms with E-state index in [1.165, 1.54) is 31.4 Å². The van der Waals surface area contributed by atoms with Gasteiger partial charge in [-0.25, -0.2) is 0 Å². The SMILES string of the molecule is CC1CC1c1ccc(CN2CCCCC2CCO)o1. The molecule has 3 rings (SSSR count). The molecule has 1 saturated heterocycles. The van der Waals surface area contributed by atoms with Crippen molar-refractivity contribution in [3.05, 3.63) is 23.7 Å². The average molecular weight is 263 g/mol. The second-order valence-electron chi connectivity index (χ2n) is 6.26. The molecule has 3 heteroatoms. The molecule has 3 atom stereocenters. The number of furan rings is 1. The highest BCUT2D eigenvalue weighted by Crippen LogP contribution is 2.47. The van der Waals surface area contributed by atoms with Crippen LogP contribution in [0.2, 0.25) is 0 Å². The summed E-state index contributed by atoms with van der Waals surface area (Å²) in [4.78, 5) is 2.48. The molecule has 0 bridgehead atoms. The molecule has 0 amide bonds. The Kier molecular flexibility index (Phi) is 3.94. The van der Waals surface area contributed by atoms with Gasteiger partial charge in [0.15, 0.2) is 0 Å². The van der Waals surface area contributed by atoms with E-state index in [0.717, 1.165) is 31.2 Å². The lowest BCUT2D eigenvalue weighted by molar-refractivity contribution is 0.104. The Bertz CT molecular complexity index is 413. The molecule has 2 heterocycles. The molecule has 1 aliphatic carbocycles. The van der Waals surface area contributed by atoms with Gasteiger partial charge in [0, 0.05) is 18.6 Å². The van der Waals surface area contributed by atoms with Gasteiger partial charge in [0.05, 0.1) is 6.54 Å². The fraction of sp³-hybridized carbons (Fsp3) is 0.750. The van der Waals surface area contributed by atoms with E-state index in [2.05, 4.69) is 24.0 Å². The first-order valence-corrected chi connectivity index (χ1v) is 7.71. The summed E-state index contributed by atoms with van der Waals surface area (Å²) < 4.78 is 6.00. The van der Waals surface area contributed by atoms with Crippen LogP contribution in [0.5, 0.6) is 0 Å². The Morgan fingerprint density at radius 1 is 1.37 bits per heavy atom. The monoisotopic (exact) mass is 263 g/mol. The van der Waals surface area contributed by atoms with Crippen LogP contribution in [0, 0.1) is 5.92 Å². The van der Waals surface area contributed by atoms with Crippen molar-refractivity contribution in [2.45, 2.75) is 57.5 Å². The lowest BCUT2D eigenvalue weighted by Crippen LogP contribution is -2.39. The van der Waals surface area contributed by atoms with Crippen molar-refractivity contribution in [2.75, 3.05) is 13.2 Å². The molecule has 19 heavy (non-hydrogen) atoms. The molecular formula is C16H25NO2. The summed E-state index contributed by atoms with van der Waals surface area (Å²) in [6, 6.07) is 4.84. The van der Waals surface area contributed by atoms with Crippen LogP contribution in [0.25, 0.3) is 0 Å². The van der Waals surface area contributed by atoms with Crippen LogP contribution in [-0.2, 0) is 6.54 Å². The van der Waals surface area contributed by atoms with Gasteiger partial charge in [-0.2, -0.15) is 0 Å². The highest BCUT2D eigenvalue weighted by atomic mass is 16.3. The molecule has 3 nitrogen and oxygen atoms in total. The number of aliphatic hydroxyl groups excluding tert-OH is 1. The lowest BCUT2D eigenvalue weighted by atomic mass is 9.99. The largest absolute Gasteiger partial charge is 0.464 e. The van der Waals surface area contributed by atoms with Crippen molar-refractivity contribution in [3.8, 4) is 0 Å². The van der Waals surface area contributed by atoms with Crippen LogP contribution in [0.15, 0.2) is 16.5 Å². The van der Waals surface area contributed by atoms with Crippen LogP contribution >= 0.6 is 0 Å². The molecule has 106 valence electrons. The van der Waals surface area contributed by atoms with Gasteiger partial charge < -0.3 is 9.52 Å². The molecule has 1 N–H and O–H groups in total. The number of rotatable bonds is 5. The summed E-state index contributed by atoms with van der Waals surface area (Å²) in [5, 5.41) is 9.17. The topological polar surface area (TPSA) is 36.6 Å². The predicted molar refractivity (Wildman–Crippen MR) is 75.0 cm³/mol. The predicted octanol–water partition coefficient (Wildman–Crippen LogP) is 3.14. The highest BCUT2D eigenvalue weighted by molar-refractivity contribution is 5.17. The second kappa shape index (κ2) is 5.68. The quantitative estimate of drug-likeness (QED) is 0.886. The Morgan fingerprint density at radius 3 is 2.95 bits per heavy atom. The van der Waals surface area contributed by atoms with Crippen molar-refractivity contribution in [3.63, 3.8) is 0 Å². The minimum atomic E-state index is 0.296. The zero-order valence-electron chi connectivity index (χ0n) is 11.8. The molecule has 1 aromatic rings. The standard InChI is InChI=1S/C16H25NO2/c1-12-10-15(12)16-6-5-14(19-16)11-17-8-3-2-4-13(17)7-9-18/h5-6,12-13,15,18H,2-4,7-11H2,1H3. The molecule has 2 aliphatic rings. The van der Waals surface area contributed by atoms with Gasteiger partial charge >= 0.3 is 0 Å². The third-order valence-electron chi connectivity index (χ3n) is 4.73. The highest BCUT2D eigenvalue weighted by Gasteiger charge is 2.36. The maximum absolute atomic E-state index is 9.17. The van der Waals surface area contributed by atoms with Crippen LogP contribution in [0.1, 0.15) is 56.5 Å². The first-order chi connectivity index (χ1) is 9.28. The summed E-state index contributed by atoms with van der Waals surface area (Å²) in [5.74, 6) is 3.75. The molecule has 2 fully saturated rings. The third kappa shape index (κ3) is 3.03. The lowest BCUT2D eigenvalue weighted by Gasteiger charge is -2.34. The van der Waals surface area contributed by atoms with E-state index in [1.54, 1.807) is 0 Å². The minimum Gasteiger partial charge on any atom is -0.464 e. The fourth-order valence-electron chi connectivity index (χ4n) is 3.34. The third-order valence-corrected chi connectivity index (χ3v) is 4.73. The Balaban J connectivity index is 1.61.